The van der Waals surface area contributed by atoms with Crippen LogP contribution in [0, 0.1) is 5.82 Å². The number of hydrogen-bond acceptors (Lipinski definition) is 3. The van der Waals surface area contributed by atoms with Crippen molar-refractivity contribution in [3.05, 3.63) is 29.8 Å². The Morgan fingerprint density at radius 1 is 1.41 bits per heavy atom. The van der Waals surface area contributed by atoms with E-state index in [0.29, 0.717) is 19.4 Å². The predicted octanol–water partition coefficient (Wildman–Crippen LogP) is 2.85. The molecular weight excluding hydrogens is 221 g/mol. The van der Waals surface area contributed by atoms with E-state index in [1.807, 2.05) is 20.8 Å². The number of aliphatic hydroxyl groups is 1. The second-order valence-corrected chi connectivity index (χ2v) is 4.00. The highest BCUT2D eigenvalue weighted by molar-refractivity contribution is 5.19. The zero-order chi connectivity index (χ0) is 12.9. The van der Waals surface area contributed by atoms with Crippen LogP contribution >= 0.6 is 0 Å². The summed E-state index contributed by atoms with van der Waals surface area (Å²) in [6.07, 6.45) is 2.87. The number of aromatic nitrogens is 1. The first-order valence-electron chi connectivity index (χ1n) is 6.02. The van der Waals surface area contributed by atoms with Gasteiger partial charge in [0, 0.05) is 18.4 Å². The third kappa shape index (κ3) is 2.82. The molecule has 0 radical (unpaired) electrons. The summed E-state index contributed by atoms with van der Waals surface area (Å²) in [6, 6.07) is 1.50. The zero-order valence-electron chi connectivity index (χ0n) is 10.6. The number of rotatable bonds is 6. The van der Waals surface area contributed by atoms with Gasteiger partial charge in [-0.2, -0.15) is 0 Å². The molecule has 0 saturated heterocycles. The Morgan fingerprint density at radius 3 is 2.53 bits per heavy atom. The van der Waals surface area contributed by atoms with Crippen LogP contribution in [0.3, 0.4) is 0 Å². The summed E-state index contributed by atoms with van der Waals surface area (Å²) in [5.41, 5.74) is -0.478. The average Bonchev–Trinajstić information content (AvgIpc) is 2.36. The van der Waals surface area contributed by atoms with Crippen molar-refractivity contribution in [1.29, 1.82) is 0 Å². The van der Waals surface area contributed by atoms with E-state index in [9.17, 15) is 9.50 Å². The molecule has 0 aliphatic carbocycles. The first-order valence-corrected chi connectivity index (χ1v) is 6.02. The molecule has 0 fully saturated rings. The summed E-state index contributed by atoms with van der Waals surface area (Å²) in [5.74, 6) is -0.494. The lowest BCUT2D eigenvalue weighted by Gasteiger charge is -2.36. The molecule has 1 unspecified atom stereocenters. The van der Waals surface area contributed by atoms with Gasteiger partial charge in [-0.15, -0.1) is 0 Å². The molecule has 0 spiro atoms. The van der Waals surface area contributed by atoms with E-state index in [0.717, 1.165) is 6.20 Å². The van der Waals surface area contributed by atoms with Gasteiger partial charge in [0.05, 0.1) is 11.8 Å². The van der Waals surface area contributed by atoms with Gasteiger partial charge in [0.2, 0.25) is 0 Å². The second-order valence-electron chi connectivity index (χ2n) is 4.00. The van der Waals surface area contributed by atoms with Crippen LogP contribution in [0.5, 0.6) is 0 Å². The number of pyridine rings is 1. The van der Waals surface area contributed by atoms with Gasteiger partial charge < -0.3 is 9.84 Å². The van der Waals surface area contributed by atoms with E-state index in [4.69, 9.17) is 4.74 Å². The van der Waals surface area contributed by atoms with Gasteiger partial charge in [0.25, 0.3) is 0 Å². The standard InChI is InChI=1S/C13H20FNO2/c1-4-13(5-2,17-6-3)12(16)10-7-8-15-9-11(10)14/h7-9,12,16H,4-6H2,1-3H3. The fourth-order valence-electron chi connectivity index (χ4n) is 2.10. The van der Waals surface area contributed by atoms with Crippen molar-refractivity contribution in [2.75, 3.05) is 6.61 Å². The van der Waals surface area contributed by atoms with Crippen LogP contribution < -0.4 is 0 Å². The van der Waals surface area contributed by atoms with Crippen molar-refractivity contribution in [2.45, 2.75) is 45.3 Å². The number of nitrogens with zero attached hydrogens (tertiary/aromatic N) is 1. The Kier molecular flexibility index (Phi) is 5.02. The van der Waals surface area contributed by atoms with Crippen LogP contribution in [0.15, 0.2) is 18.5 Å². The third-order valence-electron chi connectivity index (χ3n) is 3.23. The fraction of sp³-hybridized carbons (Fsp3) is 0.615. The van der Waals surface area contributed by atoms with Crippen LogP contribution in [0.4, 0.5) is 4.39 Å². The molecule has 0 saturated carbocycles. The smallest absolute Gasteiger partial charge is 0.147 e. The van der Waals surface area contributed by atoms with Crippen molar-refractivity contribution < 1.29 is 14.2 Å². The lowest BCUT2D eigenvalue weighted by atomic mass is 9.86. The quantitative estimate of drug-likeness (QED) is 0.832. The minimum absolute atomic E-state index is 0.247. The van der Waals surface area contributed by atoms with Gasteiger partial charge in [-0.3, -0.25) is 4.98 Å². The summed E-state index contributed by atoms with van der Waals surface area (Å²) in [6.45, 7) is 6.23. The summed E-state index contributed by atoms with van der Waals surface area (Å²) in [5, 5.41) is 10.3. The SMILES string of the molecule is CCOC(CC)(CC)C(O)c1ccncc1F. The molecule has 96 valence electrons. The molecule has 4 heteroatoms. The minimum atomic E-state index is -0.972. The highest BCUT2D eigenvalue weighted by Crippen LogP contribution is 2.36. The summed E-state index contributed by atoms with van der Waals surface area (Å²) in [4.78, 5) is 3.68. The molecule has 0 aliphatic heterocycles. The molecule has 1 N–H and O–H groups in total. The minimum Gasteiger partial charge on any atom is -0.385 e. The van der Waals surface area contributed by atoms with Crippen LogP contribution in [0.1, 0.15) is 45.3 Å². The van der Waals surface area contributed by atoms with Crippen LogP contribution in [-0.4, -0.2) is 22.3 Å². The lowest BCUT2D eigenvalue weighted by molar-refractivity contribution is -0.128. The van der Waals surface area contributed by atoms with E-state index in [-0.39, 0.29) is 5.56 Å². The normalized spacial score (nSPS) is 13.7. The van der Waals surface area contributed by atoms with Crippen molar-refractivity contribution in [3.63, 3.8) is 0 Å². The highest BCUT2D eigenvalue weighted by Gasteiger charge is 2.37. The Labute approximate surface area is 102 Å². The molecule has 0 aliphatic rings. The van der Waals surface area contributed by atoms with Gasteiger partial charge >= 0.3 is 0 Å². The van der Waals surface area contributed by atoms with E-state index in [1.165, 1.54) is 12.3 Å². The first kappa shape index (κ1) is 14.1. The van der Waals surface area contributed by atoms with Crippen molar-refractivity contribution in [2.24, 2.45) is 0 Å². The maximum Gasteiger partial charge on any atom is 0.147 e. The van der Waals surface area contributed by atoms with Gasteiger partial charge in [-0.25, -0.2) is 4.39 Å². The molecule has 1 aromatic heterocycles. The maximum absolute atomic E-state index is 13.6. The van der Waals surface area contributed by atoms with E-state index < -0.39 is 17.5 Å². The summed E-state index contributed by atoms with van der Waals surface area (Å²) >= 11 is 0. The number of ether oxygens (including phenoxy) is 1. The number of aliphatic hydroxyl groups excluding tert-OH is 1. The van der Waals surface area contributed by atoms with Gasteiger partial charge in [0.15, 0.2) is 0 Å². The molecule has 17 heavy (non-hydrogen) atoms. The Balaban J connectivity index is 3.07. The first-order chi connectivity index (χ1) is 8.11. The number of halogens is 1. The molecule has 1 rings (SSSR count). The Bertz CT molecular complexity index is 353. The van der Waals surface area contributed by atoms with Crippen LogP contribution in [0.25, 0.3) is 0 Å². The average molecular weight is 241 g/mol. The molecule has 0 aromatic carbocycles. The van der Waals surface area contributed by atoms with E-state index in [2.05, 4.69) is 4.98 Å². The Morgan fingerprint density at radius 2 is 2.06 bits per heavy atom. The van der Waals surface area contributed by atoms with Crippen molar-refractivity contribution in [3.8, 4) is 0 Å². The molecule has 3 nitrogen and oxygen atoms in total. The third-order valence-corrected chi connectivity index (χ3v) is 3.23. The molecule has 1 aromatic rings. The second kappa shape index (κ2) is 6.07. The van der Waals surface area contributed by atoms with Gasteiger partial charge in [-0.1, -0.05) is 13.8 Å². The molecule has 1 atom stereocenters. The largest absolute Gasteiger partial charge is 0.385 e. The zero-order valence-corrected chi connectivity index (χ0v) is 10.6. The fourth-order valence-corrected chi connectivity index (χ4v) is 2.10. The van der Waals surface area contributed by atoms with E-state index >= 15 is 0 Å². The highest BCUT2D eigenvalue weighted by atomic mass is 19.1. The topological polar surface area (TPSA) is 42.4 Å². The van der Waals surface area contributed by atoms with Gasteiger partial charge in [-0.05, 0) is 25.8 Å². The van der Waals surface area contributed by atoms with Gasteiger partial charge in [0.1, 0.15) is 11.9 Å². The maximum atomic E-state index is 13.6. The van der Waals surface area contributed by atoms with E-state index in [1.54, 1.807) is 0 Å². The molecule has 0 bridgehead atoms. The molecule has 1 heterocycles. The molecule has 0 amide bonds. The number of hydrogen-bond donors (Lipinski definition) is 1. The monoisotopic (exact) mass is 241 g/mol. The lowest BCUT2D eigenvalue weighted by Crippen LogP contribution is -2.38. The molecular formula is C13H20FNO2. The summed E-state index contributed by atoms with van der Waals surface area (Å²) < 4.78 is 19.3. The Hall–Kier alpha value is -1.00. The van der Waals surface area contributed by atoms with Crippen molar-refractivity contribution in [1.82, 2.24) is 4.98 Å². The van der Waals surface area contributed by atoms with Crippen molar-refractivity contribution >= 4 is 0 Å². The summed E-state index contributed by atoms with van der Waals surface area (Å²) in [7, 11) is 0. The van der Waals surface area contributed by atoms with Crippen LogP contribution in [-0.2, 0) is 4.74 Å². The predicted molar refractivity (Wildman–Crippen MR) is 64.1 cm³/mol. The van der Waals surface area contributed by atoms with Crippen LogP contribution in [0.2, 0.25) is 0 Å².